The van der Waals surface area contributed by atoms with Gasteiger partial charge in [-0.15, -0.1) is 0 Å². The number of nitrogens with zero attached hydrogens (tertiary/aromatic N) is 3. The highest BCUT2D eigenvalue weighted by atomic mass is 16.6. The Balaban J connectivity index is 2.50. The van der Waals surface area contributed by atoms with Crippen LogP contribution in [0.2, 0.25) is 0 Å². The summed E-state index contributed by atoms with van der Waals surface area (Å²) in [6, 6.07) is 0. The van der Waals surface area contributed by atoms with Crippen LogP contribution in [-0.2, 0) is 9.53 Å². The Bertz CT molecular complexity index is 586. The molecule has 0 saturated heterocycles. The highest BCUT2D eigenvalue weighted by Crippen LogP contribution is 2.13. The predicted octanol–water partition coefficient (Wildman–Crippen LogP) is 0.201. The molecule has 0 saturated carbocycles. The monoisotopic (exact) mass is 222 g/mol. The number of carbonyl (C=O) groups excluding carboxylic acids is 1. The van der Waals surface area contributed by atoms with E-state index in [0.29, 0.717) is 5.65 Å². The molecule has 0 spiro atoms. The van der Waals surface area contributed by atoms with Crippen LogP contribution in [0.15, 0.2) is 17.4 Å². The Morgan fingerprint density at radius 3 is 3.00 bits per heavy atom. The first kappa shape index (κ1) is 10.3. The normalized spacial score (nSPS) is 12.6. The van der Waals surface area contributed by atoms with Crippen LogP contribution in [0.1, 0.15) is 20.1 Å². The second-order valence-corrected chi connectivity index (χ2v) is 3.26. The average Bonchev–Trinajstić information content (AvgIpc) is 2.61. The Morgan fingerprint density at radius 1 is 1.56 bits per heavy atom. The van der Waals surface area contributed by atoms with Gasteiger partial charge in [-0.1, -0.05) is 0 Å². The van der Waals surface area contributed by atoms with E-state index in [1.54, 1.807) is 6.92 Å². The van der Waals surface area contributed by atoms with E-state index in [4.69, 9.17) is 4.74 Å². The maximum absolute atomic E-state index is 11.4. The Morgan fingerprint density at radius 2 is 2.31 bits per heavy atom. The smallest absolute Gasteiger partial charge is 0.304 e. The molecule has 7 heteroatoms. The van der Waals surface area contributed by atoms with E-state index < -0.39 is 12.2 Å². The second kappa shape index (κ2) is 3.76. The highest BCUT2D eigenvalue weighted by molar-refractivity contribution is 5.69. The van der Waals surface area contributed by atoms with Gasteiger partial charge in [0.1, 0.15) is 6.33 Å². The molecule has 0 amide bonds. The molecule has 7 nitrogen and oxygen atoms in total. The number of H-pyrrole nitrogens is 1. The van der Waals surface area contributed by atoms with Crippen molar-refractivity contribution in [2.75, 3.05) is 0 Å². The molecule has 0 aromatic carbocycles. The summed E-state index contributed by atoms with van der Waals surface area (Å²) in [6.07, 6.45) is 2.15. The summed E-state index contributed by atoms with van der Waals surface area (Å²) in [5.41, 5.74) is 0.290. The molecule has 0 bridgehead atoms. The molecule has 2 aromatic heterocycles. The zero-order chi connectivity index (χ0) is 11.7. The molecule has 2 heterocycles. The lowest BCUT2D eigenvalue weighted by Crippen LogP contribution is -2.13. The Labute approximate surface area is 90.1 Å². The third-order valence-corrected chi connectivity index (χ3v) is 2.09. The summed E-state index contributed by atoms with van der Waals surface area (Å²) in [6.45, 7) is 2.99. The van der Waals surface area contributed by atoms with Gasteiger partial charge in [0.25, 0.3) is 5.56 Å². The van der Waals surface area contributed by atoms with Crippen molar-refractivity contribution in [2.45, 2.75) is 20.1 Å². The van der Waals surface area contributed by atoms with Crippen LogP contribution in [0.25, 0.3) is 11.2 Å². The van der Waals surface area contributed by atoms with Crippen molar-refractivity contribution in [3.05, 3.63) is 23.0 Å². The Kier molecular flexibility index (Phi) is 2.43. The number of imidazole rings is 1. The molecule has 0 radical (unpaired) electrons. The average molecular weight is 222 g/mol. The maximum Gasteiger partial charge on any atom is 0.304 e. The van der Waals surface area contributed by atoms with Crippen molar-refractivity contribution in [1.82, 2.24) is 19.5 Å². The van der Waals surface area contributed by atoms with Crippen molar-refractivity contribution in [2.24, 2.45) is 0 Å². The van der Waals surface area contributed by atoms with E-state index in [9.17, 15) is 9.59 Å². The molecule has 2 rings (SSSR count). The van der Waals surface area contributed by atoms with Crippen LogP contribution in [0.5, 0.6) is 0 Å². The van der Waals surface area contributed by atoms with Crippen molar-refractivity contribution in [1.29, 1.82) is 0 Å². The topological polar surface area (TPSA) is 89.9 Å². The van der Waals surface area contributed by atoms with E-state index in [-0.39, 0.29) is 11.1 Å². The molecule has 0 aliphatic rings. The van der Waals surface area contributed by atoms with E-state index >= 15 is 0 Å². The summed E-state index contributed by atoms with van der Waals surface area (Å²) in [5, 5.41) is 0. The van der Waals surface area contributed by atoms with Crippen LogP contribution in [0.3, 0.4) is 0 Å². The molecular formula is C9H10N4O3. The van der Waals surface area contributed by atoms with Crippen molar-refractivity contribution < 1.29 is 9.53 Å². The van der Waals surface area contributed by atoms with E-state index in [0.717, 1.165) is 0 Å². The molecule has 1 atom stereocenters. The summed E-state index contributed by atoms with van der Waals surface area (Å²) >= 11 is 0. The fourth-order valence-electron chi connectivity index (χ4n) is 1.43. The number of nitrogens with one attached hydrogen (secondary N) is 1. The quantitative estimate of drug-likeness (QED) is 0.733. The zero-order valence-electron chi connectivity index (χ0n) is 8.80. The van der Waals surface area contributed by atoms with Crippen LogP contribution >= 0.6 is 0 Å². The lowest BCUT2D eigenvalue weighted by atomic mass is 10.5. The van der Waals surface area contributed by atoms with E-state index in [1.165, 1.54) is 24.1 Å². The largest absolute Gasteiger partial charge is 0.442 e. The maximum atomic E-state index is 11.4. The van der Waals surface area contributed by atoms with E-state index in [2.05, 4.69) is 15.0 Å². The molecule has 0 aliphatic carbocycles. The first-order valence-electron chi connectivity index (χ1n) is 4.67. The lowest BCUT2D eigenvalue weighted by molar-refractivity contribution is -0.149. The van der Waals surface area contributed by atoms with Crippen molar-refractivity contribution in [3.63, 3.8) is 0 Å². The third kappa shape index (κ3) is 1.67. The number of hydrogen-bond donors (Lipinski definition) is 1. The van der Waals surface area contributed by atoms with Gasteiger partial charge in [0.15, 0.2) is 17.4 Å². The minimum absolute atomic E-state index is 0.224. The van der Waals surface area contributed by atoms with Crippen LogP contribution in [-0.4, -0.2) is 25.5 Å². The van der Waals surface area contributed by atoms with Gasteiger partial charge in [-0.25, -0.2) is 9.97 Å². The SMILES string of the molecule is CC(=O)OC(C)n1cnc2c(=O)[nH]cnc21. The number of ether oxygens (including phenoxy) is 1. The van der Waals surface area contributed by atoms with Crippen LogP contribution in [0, 0.1) is 0 Å². The van der Waals surface area contributed by atoms with Crippen molar-refractivity contribution >= 4 is 17.1 Å². The number of hydrogen-bond acceptors (Lipinski definition) is 5. The van der Waals surface area contributed by atoms with E-state index in [1.807, 2.05) is 0 Å². The number of aromatic nitrogens is 4. The number of rotatable bonds is 2. The van der Waals surface area contributed by atoms with Gasteiger partial charge in [0, 0.05) is 6.92 Å². The summed E-state index contributed by atoms with van der Waals surface area (Å²) in [4.78, 5) is 32.5. The van der Waals surface area contributed by atoms with Crippen LogP contribution in [0.4, 0.5) is 0 Å². The van der Waals surface area contributed by atoms with Gasteiger partial charge in [-0.05, 0) is 6.92 Å². The van der Waals surface area contributed by atoms with Gasteiger partial charge < -0.3 is 9.72 Å². The number of esters is 1. The summed E-state index contributed by atoms with van der Waals surface area (Å²) in [5.74, 6) is -0.404. The molecule has 1 unspecified atom stereocenters. The lowest BCUT2D eigenvalue weighted by Gasteiger charge is -2.12. The first-order chi connectivity index (χ1) is 7.59. The van der Waals surface area contributed by atoms with Gasteiger partial charge in [-0.3, -0.25) is 14.2 Å². The minimum atomic E-state index is -0.545. The predicted molar refractivity (Wildman–Crippen MR) is 54.6 cm³/mol. The molecule has 1 N–H and O–H groups in total. The fourth-order valence-corrected chi connectivity index (χ4v) is 1.43. The van der Waals surface area contributed by atoms with Gasteiger partial charge in [0.2, 0.25) is 0 Å². The fraction of sp³-hybridized carbons (Fsp3) is 0.333. The van der Waals surface area contributed by atoms with Gasteiger partial charge in [0.05, 0.1) is 6.33 Å². The molecule has 16 heavy (non-hydrogen) atoms. The zero-order valence-corrected chi connectivity index (χ0v) is 8.80. The molecule has 84 valence electrons. The van der Waals surface area contributed by atoms with Gasteiger partial charge >= 0.3 is 5.97 Å². The molecule has 2 aromatic rings. The summed E-state index contributed by atoms with van der Waals surface area (Å²) in [7, 11) is 0. The standard InChI is InChI=1S/C9H10N4O3/c1-5(16-6(2)14)13-4-12-7-8(13)10-3-11-9(7)15/h3-5H,1-2H3,(H,10,11,15). The van der Waals surface area contributed by atoms with Gasteiger partial charge in [-0.2, -0.15) is 0 Å². The Hall–Kier alpha value is -2.18. The third-order valence-electron chi connectivity index (χ3n) is 2.09. The number of fused-ring (bicyclic) bond motifs is 1. The number of aromatic amines is 1. The first-order valence-corrected chi connectivity index (χ1v) is 4.67. The second-order valence-electron chi connectivity index (χ2n) is 3.26. The van der Waals surface area contributed by atoms with Crippen LogP contribution < -0.4 is 5.56 Å². The number of carbonyl (C=O) groups is 1. The summed E-state index contributed by atoms with van der Waals surface area (Å²) < 4.78 is 6.49. The minimum Gasteiger partial charge on any atom is -0.442 e. The van der Waals surface area contributed by atoms with Crippen molar-refractivity contribution in [3.8, 4) is 0 Å². The highest BCUT2D eigenvalue weighted by Gasteiger charge is 2.13. The molecular weight excluding hydrogens is 212 g/mol. The molecule has 0 fully saturated rings. The molecule has 0 aliphatic heterocycles.